The van der Waals surface area contributed by atoms with Crippen LogP contribution in [-0.4, -0.2) is 36.0 Å². The molecule has 1 aromatic heterocycles. The van der Waals surface area contributed by atoms with E-state index in [1.54, 1.807) is 0 Å². The van der Waals surface area contributed by atoms with E-state index in [1.807, 2.05) is 14.0 Å². The summed E-state index contributed by atoms with van der Waals surface area (Å²) in [5.74, 6) is -0.177. The molecule has 0 aliphatic heterocycles. The molecule has 8 nitrogen and oxygen atoms in total. The summed E-state index contributed by atoms with van der Waals surface area (Å²) in [7, 11) is 1.84. The number of pyridine rings is 1. The lowest BCUT2D eigenvalue weighted by atomic mass is 10.1. The molecular weight excluding hydrogens is 250 g/mol. The number of nitro groups is 1. The predicted molar refractivity (Wildman–Crippen MR) is 71.0 cm³/mol. The van der Waals surface area contributed by atoms with Crippen molar-refractivity contribution in [3.63, 3.8) is 0 Å². The Bertz CT molecular complexity index is 477. The van der Waals surface area contributed by atoms with Crippen molar-refractivity contribution in [3.05, 3.63) is 27.9 Å². The van der Waals surface area contributed by atoms with Crippen LogP contribution < -0.4 is 16.4 Å². The lowest BCUT2D eigenvalue weighted by molar-refractivity contribution is -0.385. The zero-order valence-electron chi connectivity index (χ0n) is 10.8. The van der Waals surface area contributed by atoms with E-state index < -0.39 is 10.8 Å². The number of aromatic nitrogens is 1. The Kier molecular flexibility index (Phi) is 5.19. The molecule has 1 atom stereocenters. The number of hydrogen-bond acceptors (Lipinski definition) is 6. The number of carbonyl (C=O) groups excluding carboxylic acids is 1. The second-order valence-electron chi connectivity index (χ2n) is 4.25. The van der Waals surface area contributed by atoms with Gasteiger partial charge in [0.2, 0.25) is 0 Å². The highest BCUT2D eigenvalue weighted by Gasteiger charge is 2.16. The number of primary amides is 1. The van der Waals surface area contributed by atoms with E-state index >= 15 is 0 Å². The van der Waals surface area contributed by atoms with Crippen LogP contribution in [0.3, 0.4) is 0 Å². The van der Waals surface area contributed by atoms with Gasteiger partial charge in [0, 0.05) is 12.6 Å². The minimum Gasteiger partial charge on any atom is -0.369 e. The summed E-state index contributed by atoms with van der Waals surface area (Å²) < 4.78 is 0. The molecule has 4 N–H and O–H groups in total. The Hall–Kier alpha value is -2.22. The van der Waals surface area contributed by atoms with E-state index in [9.17, 15) is 14.9 Å². The number of nitrogens with one attached hydrogen (secondary N) is 2. The number of anilines is 1. The van der Waals surface area contributed by atoms with Crippen molar-refractivity contribution in [2.24, 2.45) is 11.7 Å². The van der Waals surface area contributed by atoms with Crippen molar-refractivity contribution in [2.45, 2.75) is 6.92 Å². The third-order valence-corrected chi connectivity index (χ3v) is 2.52. The van der Waals surface area contributed by atoms with Crippen LogP contribution in [0, 0.1) is 16.0 Å². The van der Waals surface area contributed by atoms with Crippen LogP contribution >= 0.6 is 0 Å². The molecule has 1 aromatic rings. The molecule has 1 unspecified atom stereocenters. The standard InChI is InChI=1S/C11H17N5O3/c1-7(4-13-2)5-14-11-9(10(12)17)3-8(6-15-11)16(18)19/h3,6-7,13H,4-5H2,1-2H3,(H2,12,17)(H,14,15). The normalized spacial score (nSPS) is 11.9. The van der Waals surface area contributed by atoms with Crippen molar-refractivity contribution in [2.75, 3.05) is 25.5 Å². The first-order valence-corrected chi connectivity index (χ1v) is 5.78. The Balaban J connectivity index is 2.88. The second-order valence-corrected chi connectivity index (χ2v) is 4.25. The molecule has 8 heteroatoms. The van der Waals surface area contributed by atoms with Crippen LogP contribution in [0.5, 0.6) is 0 Å². The third-order valence-electron chi connectivity index (χ3n) is 2.52. The molecule has 1 heterocycles. The molecular formula is C11H17N5O3. The van der Waals surface area contributed by atoms with Gasteiger partial charge in [-0.25, -0.2) is 4.98 Å². The molecule has 0 spiro atoms. The van der Waals surface area contributed by atoms with Gasteiger partial charge in [0.25, 0.3) is 11.6 Å². The summed E-state index contributed by atoms with van der Waals surface area (Å²) in [4.78, 5) is 25.2. The summed E-state index contributed by atoms with van der Waals surface area (Å²) in [6.45, 7) is 3.39. The van der Waals surface area contributed by atoms with Gasteiger partial charge in [-0.05, 0) is 19.5 Å². The highest BCUT2D eigenvalue weighted by molar-refractivity contribution is 5.98. The maximum Gasteiger partial charge on any atom is 0.288 e. The van der Waals surface area contributed by atoms with Crippen LogP contribution in [0.1, 0.15) is 17.3 Å². The van der Waals surface area contributed by atoms with Crippen molar-refractivity contribution in [3.8, 4) is 0 Å². The summed E-state index contributed by atoms with van der Waals surface area (Å²) in [6.07, 6.45) is 1.09. The Morgan fingerprint density at radius 1 is 1.58 bits per heavy atom. The van der Waals surface area contributed by atoms with Gasteiger partial charge in [-0.15, -0.1) is 0 Å². The fraction of sp³-hybridized carbons (Fsp3) is 0.455. The van der Waals surface area contributed by atoms with Crippen LogP contribution in [0.4, 0.5) is 11.5 Å². The second kappa shape index (κ2) is 6.64. The summed E-state index contributed by atoms with van der Waals surface area (Å²) in [5, 5.41) is 16.6. The van der Waals surface area contributed by atoms with E-state index in [0.717, 1.165) is 18.8 Å². The van der Waals surface area contributed by atoms with Crippen molar-refractivity contribution >= 4 is 17.4 Å². The van der Waals surface area contributed by atoms with Crippen molar-refractivity contribution in [1.82, 2.24) is 10.3 Å². The van der Waals surface area contributed by atoms with Crippen molar-refractivity contribution < 1.29 is 9.72 Å². The first-order valence-electron chi connectivity index (χ1n) is 5.78. The van der Waals surface area contributed by atoms with Gasteiger partial charge in [0.15, 0.2) is 0 Å². The molecule has 0 radical (unpaired) electrons. The first kappa shape index (κ1) is 14.8. The highest BCUT2D eigenvalue weighted by atomic mass is 16.6. The Morgan fingerprint density at radius 2 is 2.26 bits per heavy atom. The predicted octanol–water partition coefficient (Wildman–Crippen LogP) is 0.356. The zero-order chi connectivity index (χ0) is 14.4. The summed E-state index contributed by atoms with van der Waals surface area (Å²) in [6, 6.07) is 1.13. The molecule has 104 valence electrons. The van der Waals surface area contributed by atoms with Crippen LogP contribution in [0.2, 0.25) is 0 Å². The van der Waals surface area contributed by atoms with E-state index in [1.165, 1.54) is 0 Å². The van der Waals surface area contributed by atoms with E-state index in [0.29, 0.717) is 12.5 Å². The first-order chi connectivity index (χ1) is 8.95. The number of nitrogens with two attached hydrogens (primary N) is 1. The lowest BCUT2D eigenvalue weighted by Crippen LogP contribution is -2.24. The minimum absolute atomic E-state index is 0.0193. The number of amides is 1. The molecule has 0 saturated carbocycles. The molecule has 1 amide bonds. The fourth-order valence-corrected chi connectivity index (χ4v) is 1.57. The molecule has 19 heavy (non-hydrogen) atoms. The average molecular weight is 267 g/mol. The molecule has 0 fully saturated rings. The van der Waals surface area contributed by atoms with Crippen LogP contribution in [0.15, 0.2) is 12.3 Å². The van der Waals surface area contributed by atoms with Gasteiger partial charge in [-0.1, -0.05) is 6.92 Å². The maximum atomic E-state index is 11.3. The van der Waals surface area contributed by atoms with Crippen LogP contribution in [0.25, 0.3) is 0 Å². The smallest absolute Gasteiger partial charge is 0.288 e. The minimum atomic E-state index is -0.750. The molecule has 0 aromatic carbocycles. The topological polar surface area (TPSA) is 123 Å². The maximum absolute atomic E-state index is 11.3. The van der Waals surface area contributed by atoms with E-state index in [2.05, 4.69) is 15.6 Å². The monoisotopic (exact) mass is 267 g/mol. The number of nitrogens with zero attached hydrogens (tertiary/aromatic N) is 2. The number of hydrogen-bond donors (Lipinski definition) is 3. The SMILES string of the molecule is CNCC(C)CNc1ncc([N+](=O)[O-])cc1C(N)=O. The van der Waals surface area contributed by atoms with Crippen molar-refractivity contribution in [1.29, 1.82) is 0 Å². The number of carbonyl (C=O) groups is 1. The largest absolute Gasteiger partial charge is 0.369 e. The lowest BCUT2D eigenvalue weighted by Gasteiger charge is -2.13. The molecule has 0 bridgehead atoms. The third kappa shape index (κ3) is 4.18. The van der Waals surface area contributed by atoms with Crippen LogP contribution in [-0.2, 0) is 0 Å². The zero-order valence-corrected chi connectivity index (χ0v) is 10.8. The highest BCUT2D eigenvalue weighted by Crippen LogP contribution is 2.18. The fourth-order valence-electron chi connectivity index (χ4n) is 1.57. The van der Waals surface area contributed by atoms with Gasteiger partial charge in [-0.3, -0.25) is 14.9 Å². The Morgan fingerprint density at radius 3 is 2.79 bits per heavy atom. The summed E-state index contributed by atoms with van der Waals surface area (Å²) in [5.41, 5.74) is 4.95. The van der Waals surface area contributed by atoms with Gasteiger partial charge >= 0.3 is 0 Å². The molecule has 0 aliphatic rings. The average Bonchev–Trinajstić information content (AvgIpc) is 2.36. The van der Waals surface area contributed by atoms with Gasteiger partial charge < -0.3 is 16.4 Å². The Labute approximate surface area is 110 Å². The molecule has 1 rings (SSSR count). The molecule has 0 saturated heterocycles. The van der Waals surface area contributed by atoms with Gasteiger partial charge in [0.05, 0.1) is 10.5 Å². The van der Waals surface area contributed by atoms with Gasteiger partial charge in [0.1, 0.15) is 12.0 Å². The van der Waals surface area contributed by atoms with E-state index in [4.69, 9.17) is 5.73 Å². The molecule has 0 aliphatic carbocycles. The van der Waals surface area contributed by atoms with Gasteiger partial charge in [-0.2, -0.15) is 0 Å². The summed E-state index contributed by atoms with van der Waals surface area (Å²) >= 11 is 0. The quantitative estimate of drug-likeness (QED) is 0.484. The number of rotatable bonds is 7. The van der Waals surface area contributed by atoms with E-state index in [-0.39, 0.29) is 17.1 Å².